The van der Waals surface area contributed by atoms with Gasteiger partial charge in [0.2, 0.25) is 0 Å². The molecule has 0 saturated heterocycles. The quantitative estimate of drug-likeness (QED) is 0.368. The van der Waals surface area contributed by atoms with Crippen molar-refractivity contribution in [1.29, 1.82) is 0 Å². The maximum absolute atomic E-state index is 13.0. The highest BCUT2D eigenvalue weighted by Gasteiger charge is 2.22. The van der Waals surface area contributed by atoms with Gasteiger partial charge in [0.25, 0.3) is 0 Å². The Morgan fingerprint density at radius 3 is 2.19 bits per heavy atom. The fourth-order valence-corrected chi connectivity index (χ4v) is 3.68. The summed E-state index contributed by atoms with van der Waals surface area (Å²) < 4.78 is 0. The highest BCUT2D eigenvalue weighted by atomic mass is 35.5. The number of benzene rings is 3. The highest BCUT2D eigenvalue weighted by molar-refractivity contribution is 6.30. The number of ketones is 1. The first-order chi connectivity index (χ1) is 13.1. The van der Waals surface area contributed by atoms with Crippen LogP contribution in [0.15, 0.2) is 79.0 Å². The molecule has 1 N–H and O–H groups in total. The lowest BCUT2D eigenvalue weighted by molar-refractivity contribution is 0.0978. The Hall–Kier alpha value is -2.55. The summed E-state index contributed by atoms with van der Waals surface area (Å²) in [7, 11) is 0. The van der Waals surface area contributed by atoms with Crippen molar-refractivity contribution in [2.75, 3.05) is 0 Å². The van der Waals surface area contributed by atoms with Crippen molar-refractivity contribution < 1.29 is 4.79 Å². The molecule has 0 spiro atoms. The normalized spacial score (nSPS) is 12.2. The van der Waals surface area contributed by atoms with Gasteiger partial charge in [0.05, 0.1) is 0 Å². The molecule has 0 aliphatic carbocycles. The fourth-order valence-electron chi connectivity index (χ4n) is 3.42. The van der Waals surface area contributed by atoms with Gasteiger partial charge < -0.3 is 4.98 Å². The zero-order valence-corrected chi connectivity index (χ0v) is 16.0. The molecular weight excluding hydrogens is 377 g/mol. The molecule has 0 saturated carbocycles. The van der Waals surface area contributed by atoms with Crippen LogP contribution in [0.25, 0.3) is 10.9 Å². The summed E-state index contributed by atoms with van der Waals surface area (Å²) in [5.41, 5.74) is 3.89. The SMILES string of the molecule is O=C(CC(c1ccc(Cl)cc1)c1c[nH]c2ccccc12)c1ccc(Cl)cc1. The van der Waals surface area contributed by atoms with Gasteiger partial charge in [-0.25, -0.2) is 0 Å². The summed E-state index contributed by atoms with van der Waals surface area (Å²) in [6.07, 6.45) is 2.37. The van der Waals surface area contributed by atoms with E-state index >= 15 is 0 Å². The first-order valence-electron chi connectivity index (χ1n) is 8.72. The Balaban J connectivity index is 1.75. The van der Waals surface area contributed by atoms with Crippen LogP contribution in [0.4, 0.5) is 0 Å². The smallest absolute Gasteiger partial charge is 0.163 e. The Labute approximate surface area is 167 Å². The lowest BCUT2D eigenvalue weighted by Gasteiger charge is -2.17. The second kappa shape index (κ2) is 7.59. The van der Waals surface area contributed by atoms with Gasteiger partial charge in [0.15, 0.2) is 5.78 Å². The van der Waals surface area contributed by atoms with E-state index in [0.717, 1.165) is 22.0 Å². The number of carbonyl (C=O) groups excluding carboxylic acids is 1. The minimum absolute atomic E-state index is 0.0680. The molecule has 4 aromatic rings. The van der Waals surface area contributed by atoms with Gasteiger partial charge in [0.1, 0.15) is 0 Å². The van der Waals surface area contributed by atoms with Gasteiger partial charge in [-0.3, -0.25) is 4.79 Å². The summed E-state index contributed by atoms with van der Waals surface area (Å²) in [6.45, 7) is 0. The third-order valence-electron chi connectivity index (χ3n) is 4.82. The number of para-hydroxylation sites is 1. The monoisotopic (exact) mass is 393 g/mol. The number of H-pyrrole nitrogens is 1. The van der Waals surface area contributed by atoms with Crippen LogP contribution in [0.5, 0.6) is 0 Å². The van der Waals surface area contributed by atoms with E-state index < -0.39 is 0 Å². The predicted molar refractivity (Wildman–Crippen MR) is 112 cm³/mol. The number of Topliss-reactive ketones (excluding diaryl/α,β-unsaturated/α-hetero) is 1. The topological polar surface area (TPSA) is 32.9 Å². The largest absolute Gasteiger partial charge is 0.361 e. The number of aromatic nitrogens is 1. The number of nitrogens with one attached hydrogen (secondary N) is 1. The predicted octanol–water partition coefficient (Wildman–Crippen LogP) is 6.88. The molecule has 27 heavy (non-hydrogen) atoms. The standard InChI is InChI=1S/C23H17Cl2NO/c24-17-9-5-15(6-10-17)20(13-23(27)16-7-11-18(25)12-8-16)21-14-26-22-4-2-1-3-19(21)22/h1-12,14,20,26H,13H2. The van der Waals surface area contributed by atoms with E-state index in [2.05, 4.69) is 11.1 Å². The minimum atomic E-state index is -0.0680. The van der Waals surface area contributed by atoms with Crippen LogP contribution in [0, 0.1) is 0 Å². The van der Waals surface area contributed by atoms with E-state index in [9.17, 15) is 4.79 Å². The molecule has 2 nitrogen and oxygen atoms in total. The molecular formula is C23H17Cl2NO. The van der Waals surface area contributed by atoms with Gasteiger partial charge in [-0.1, -0.05) is 53.5 Å². The molecule has 134 valence electrons. The lowest BCUT2D eigenvalue weighted by atomic mass is 9.85. The van der Waals surface area contributed by atoms with Crippen LogP contribution in [0.1, 0.15) is 33.8 Å². The van der Waals surface area contributed by atoms with Crippen molar-refractivity contribution in [3.63, 3.8) is 0 Å². The molecule has 4 rings (SSSR count). The fraction of sp³-hybridized carbons (Fsp3) is 0.0870. The Bertz CT molecular complexity index is 1080. The van der Waals surface area contributed by atoms with Crippen LogP contribution in [-0.2, 0) is 0 Å². The van der Waals surface area contributed by atoms with Gasteiger partial charge >= 0.3 is 0 Å². The summed E-state index contributed by atoms with van der Waals surface area (Å²) in [4.78, 5) is 16.3. The number of aromatic amines is 1. The zero-order valence-electron chi connectivity index (χ0n) is 14.5. The molecule has 1 heterocycles. The maximum Gasteiger partial charge on any atom is 0.163 e. The summed E-state index contributed by atoms with van der Waals surface area (Å²) in [6, 6.07) is 22.9. The number of fused-ring (bicyclic) bond motifs is 1. The van der Waals surface area contributed by atoms with E-state index in [1.165, 1.54) is 0 Å². The van der Waals surface area contributed by atoms with E-state index in [1.54, 1.807) is 24.3 Å². The van der Waals surface area contributed by atoms with E-state index in [0.29, 0.717) is 22.0 Å². The first kappa shape index (κ1) is 17.8. The third kappa shape index (κ3) is 3.78. The lowest BCUT2D eigenvalue weighted by Crippen LogP contribution is -2.09. The van der Waals surface area contributed by atoms with Gasteiger partial charge in [-0.2, -0.15) is 0 Å². The van der Waals surface area contributed by atoms with Crippen molar-refractivity contribution in [1.82, 2.24) is 4.98 Å². The summed E-state index contributed by atoms with van der Waals surface area (Å²) >= 11 is 12.0. The van der Waals surface area contributed by atoms with Gasteiger partial charge in [-0.05, 0) is 53.6 Å². The Morgan fingerprint density at radius 2 is 1.48 bits per heavy atom. The van der Waals surface area contributed by atoms with Gasteiger partial charge in [-0.15, -0.1) is 0 Å². The van der Waals surface area contributed by atoms with Crippen molar-refractivity contribution in [2.24, 2.45) is 0 Å². The van der Waals surface area contributed by atoms with E-state index in [1.807, 2.05) is 48.7 Å². The highest BCUT2D eigenvalue weighted by Crippen LogP contribution is 2.35. The summed E-state index contributed by atoms with van der Waals surface area (Å²) in [5.74, 6) is 0.0125. The van der Waals surface area contributed by atoms with Crippen molar-refractivity contribution in [3.8, 4) is 0 Å². The van der Waals surface area contributed by atoms with E-state index in [4.69, 9.17) is 23.2 Å². The van der Waals surface area contributed by atoms with Crippen LogP contribution < -0.4 is 0 Å². The molecule has 0 amide bonds. The number of hydrogen-bond donors (Lipinski definition) is 1. The minimum Gasteiger partial charge on any atom is -0.361 e. The number of carbonyl (C=O) groups is 1. The van der Waals surface area contributed by atoms with Crippen molar-refractivity contribution in [3.05, 3.63) is 106 Å². The first-order valence-corrected chi connectivity index (χ1v) is 9.47. The molecule has 1 atom stereocenters. The van der Waals surface area contributed by atoms with E-state index in [-0.39, 0.29) is 11.7 Å². The third-order valence-corrected chi connectivity index (χ3v) is 5.33. The van der Waals surface area contributed by atoms with Gasteiger partial charge in [0, 0.05) is 45.0 Å². The molecule has 0 fully saturated rings. The average molecular weight is 394 g/mol. The second-order valence-electron chi connectivity index (χ2n) is 6.53. The van der Waals surface area contributed by atoms with Crippen molar-refractivity contribution >= 4 is 39.9 Å². The van der Waals surface area contributed by atoms with Crippen LogP contribution >= 0.6 is 23.2 Å². The average Bonchev–Trinajstić information content (AvgIpc) is 3.11. The molecule has 0 radical (unpaired) electrons. The molecule has 0 aliphatic heterocycles. The summed E-state index contributed by atoms with van der Waals surface area (Å²) in [5, 5.41) is 2.43. The Morgan fingerprint density at radius 1 is 0.852 bits per heavy atom. The van der Waals surface area contributed by atoms with Crippen molar-refractivity contribution in [2.45, 2.75) is 12.3 Å². The number of hydrogen-bond acceptors (Lipinski definition) is 1. The molecule has 4 heteroatoms. The van der Waals surface area contributed by atoms with Crippen LogP contribution in [-0.4, -0.2) is 10.8 Å². The molecule has 1 aromatic heterocycles. The molecule has 0 bridgehead atoms. The second-order valence-corrected chi connectivity index (χ2v) is 7.40. The van der Waals surface area contributed by atoms with Crippen LogP contribution in [0.3, 0.4) is 0 Å². The van der Waals surface area contributed by atoms with Crippen LogP contribution in [0.2, 0.25) is 10.0 Å². The zero-order chi connectivity index (χ0) is 18.8. The molecule has 1 unspecified atom stereocenters. The maximum atomic E-state index is 13.0. The number of rotatable bonds is 5. The molecule has 3 aromatic carbocycles. The Kier molecular flexibility index (Phi) is 5.02. The molecule has 0 aliphatic rings. The number of halogens is 2.